The van der Waals surface area contributed by atoms with Gasteiger partial charge in [0.1, 0.15) is 5.69 Å². The molecule has 2 aromatic rings. The van der Waals surface area contributed by atoms with Gasteiger partial charge in [-0.1, -0.05) is 6.07 Å². The van der Waals surface area contributed by atoms with Crippen LogP contribution in [0.4, 0.5) is 5.95 Å². The number of rotatable bonds is 3. The number of pyridine rings is 1. The highest BCUT2D eigenvalue weighted by Crippen LogP contribution is 2.15. The van der Waals surface area contributed by atoms with Crippen LogP contribution in [0.3, 0.4) is 0 Å². The summed E-state index contributed by atoms with van der Waals surface area (Å²) >= 11 is 8.53. The number of ether oxygens (including phenoxy) is 1. The molecule has 3 heterocycles. The van der Waals surface area contributed by atoms with Crippen molar-refractivity contribution in [2.45, 2.75) is 0 Å². The number of hydrogen-bond donors (Lipinski definition) is 0. The van der Waals surface area contributed by atoms with E-state index in [9.17, 15) is 4.79 Å². The maximum Gasteiger partial charge on any atom is 0.272 e. The second kappa shape index (κ2) is 9.97. The number of aromatic nitrogens is 3. The Balaban J connectivity index is 0.000000701. The minimum atomic E-state index is -0.0354. The van der Waals surface area contributed by atoms with E-state index in [-0.39, 0.29) is 5.91 Å². The van der Waals surface area contributed by atoms with E-state index in [1.54, 1.807) is 42.6 Å². The molecular formula is C15H17Cl2N5O3. The first-order valence-corrected chi connectivity index (χ1v) is 8.03. The Morgan fingerprint density at radius 1 is 1.08 bits per heavy atom. The van der Waals surface area contributed by atoms with Crippen molar-refractivity contribution in [1.82, 2.24) is 19.9 Å². The van der Waals surface area contributed by atoms with Gasteiger partial charge in [0.05, 0.1) is 30.8 Å². The van der Waals surface area contributed by atoms with Crippen LogP contribution < -0.4 is 9.64 Å². The molecule has 0 atom stereocenters. The lowest BCUT2D eigenvalue weighted by Gasteiger charge is -2.34. The third kappa shape index (κ3) is 5.42. The summed E-state index contributed by atoms with van der Waals surface area (Å²) in [7, 11) is 1.58. The van der Waals surface area contributed by atoms with Gasteiger partial charge in [-0.05, 0) is 12.1 Å². The average Bonchev–Trinajstić information content (AvgIpc) is 2.69. The molecule has 0 radical (unpaired) electrons. The predicted octanol–water partition coefficient (Wildman–Crippen LogP) is 2.15. The van der Waals surface area contributed by atoms with Crippen molar-refractivity contribution < 1.29 is 13.4 Å². The fourth-order valence-electron chi connectivity index (χ4n) is 2.36. The molecule has 2 aromatic heterocycles. The number of hydrogen-bond acceptors (Lipinski definition) is 7. The number of carbonyl (C=O) groups excluding carboxylic acids is 1. The van der Waals surface area contributed by atoms with Crippen molar-refractivity contribution in [3.63, 3.8) is 0 Å². The number of carbonyl (C=O) groups is 1. The predicted molar refractivity (Wildman–Crippen MR) is 93.7 cm³/mol. The van der Waals surface area contributed by atoms with Crippen LogP contribution in [0, 0.1) is 0 Å². The Bertz CT molecular complexity index is 669. The molecule has 1 amide bonds. The quantitative estimate of drug-likeness (QED) is 0.800. The zero-order chi connectivity index (χ0) is 18.1. The largest absolute Gasteiger partial charge is 0.481 e. The van der Waals surface area contributed by atoms with E-state index in [1.165, 1.54) is 0 Å². The highest BCUT2D eigenvalue weighted by Gasteiger charge is 2.24. The van der Waals surface area contributed by atoms with Crippen molar-refractivity contribution in [2.75, 3.05) is 38.2 Å². The average molecular weight is 386 g/mol. The minimum Gasteiger partial charge on any atom is -0.481 e. The van der Waals surface area contributed by atoms with Crippen molar-refractivity contribution in [2.24, 2.45) is 0 Å². The smallest absolute Gasteiger partial charge is 0.272 e. The normalized spacial score (nSPS) is 13.7. The van der Waals surface area contributed by atoms with Crippen LogP contribution in [0.15, 0.2) is 36.7 Å². The summed E-state index contributed by atoms with van der Waals surface area (Å²) in [6.45, 7) is 2.61. The molecule has 1 saturated heterocycles. The van der Waals surface area contributed by atoms with E-state index in [2.05, 4.69) is 42.5 Å². The Labute approximate surface area is 155 Å². The van der Waals surface area contributed by atoms with Crippen LogP contribution in [0.25, 0.3) is 0 Å². The summed E-state index contributed by atoms with van der Waals surface area (Å²) in [5.41, 5.74) is 0.480. The molecule has 0 unspecified atom stereocenters. The van der Waals surface area contributed by atoms with Crippen molar-refractivity contribution in [3.05, 3.63) is 42.4 Å². The molecule has 0 aromatic carbocycles. The highest BCUT2D eigenvalue weighted by atomic mass is 35.6. The van der Waals surface area contributed by atoms with Gasteiger partial charge in [-0.2, -0.15) is 8.83 Å². The van der Waals surface area contributed by atoms with Crippen LogP contribution in [0.2, 0.25) is 0 Å². The number of methoxy groups -OCH3 is 1. The van der Waals surface area contributed by atoms with Gasteiger partial charge in [0, 0.05) is 44.6 Å². The summed E-state index contributed by atoms with van der Waals surface area (Å²) < 4.78 is 8.31. The number of piperazine rings is 1. The minimum absolute atomic E-state index is 0.0354. The van der Waals surface area contributed by atoms with E-state index in [0.29, 0.717) is 43.7 Å². The topological polar surface area (TPSA) is 80.7 Å². The third-order valence-corrected chi connectivity index (χ3v) is 3.56. The molecule has 0 spiro atoms. The maximum atomic E-state index is 12.3. The standard InChI is InChI=1S/C15H17N5O2.Cl2O/c1-22-13-5-7-17-15(18-13)20-10-8-19(9-11-20)14(21)12-4-2-3-6-16-12;1-3-2/h2-7H,8-11H2,1H3;. The maximum absolute atomic E-state index is 12.3. The molecule has 0 aliphatic carbocycles. The van der Waals surface area contributed by atoms with Crippen LogP contribution in [-0.2, 0) is 3.84 Å². The Morgan fingerprint density at radius 2 is 1.80 bits per heavy atom. The molecule has 25 heavy (non-hydrogen) atoms. The van der Waals surface area contributed by atoms with Crippen molar-refractivity contribution >= 4 is 35.6 Å². The number of nitrogens with zero attached hydrogens (tertiary/aromatic N) is 5. The van der Waals surface area contributed by atoms with Gasteiger partial charge >= 0.3 is 0 Å². The lowest BCUT2D eigenvalue weighted by atomic mass is 10.2. The first-order valence-electron chi connectivity index (χ1n) is 7.41. The second-order valence-corrected chi connectivity index (χ2v) is 5.42. The van der Waals surface area contributed by atoms with E-state index in [0.717, 1.165) is 0 Å². The van der Waals surface area contributed by atoms with E-state index < -0.39 is 0 Å². The molecule has 1 fully saturated rings. The van der Waals surface area contributed by atoms with E-state index in [4.69, 9.17) is 4.74 Å². The van der Waals surface area contributed by atoms with Crippen LogP contribution in [0.5, 0.6) is 5.88 Å². The van der Waals surface area contributed by atoms with Gasteiger partial charge in [0.2, 0.25) is 11.8 Å². The highest BCUT2D eigenvalue weighted by molar-refractivity contribution is 6.24. The number of halogens is 2. The summed E-state index contributed by atoms with van der Waals surface area (Å²) in [5.74, 6) is 1.13. The Morgan fingerprint density at radius 3 is 2.40 bits per heavy atom. The zero-order valence-corrected chi connectivity index (χ0v) is 15.0. The van der Waals surface area contributed by atoms with Gasteiger partial charge in [-0.3, -0.25) is 9.78 Å². The van der Waals surface area contributed by atoms with Crippen LogP contribution in [0.1, 0.15) is 10.5 Å². The number of anilines is 1. The molecule has 1 aliphatic heterocycles. The molecule has 1 aliphatic rings. The zero-order valence-electron chi connectivity index (χ0n) is 13.5. The van der Waals surface area contributed by atoms with Crippen LogP contribution in [-0.4, -0.2) is 59.0 Å². The fourth-order valence-corrected chi connectivity index (χ4v) is 2.36. The summed E-state index contributed by atoms with van der Waals surface area (Å²) in [5, 5.41) is 0. The third-order valence-electron chi connectivity index (χ3n) is 3.56. The lowest BCUT2D eigenvalue weighted by molar-refractivity contribution is 0.0740. The van der Waals surface area contributed by atoms with E-state index in [1.807, 2.05) is 11.0 Å². The van der Waals surface area contributed by atoms with Gasteiger partial charge < -0.3 is 14.5 Å². The second-order valence-electron chi connectivity index (χ2n) is 4.95. The van der Waals surface area contributed by atoms with Gasteiger partial charge in [0.15, 0.2) is 0 Å². The lowest BCUT2D eigenvalue weighted by Crippen LogP contribution is -2.49. The SMILES string of the molecule is COc1ccnc(N2CCN(C(=O)c3ccccn3)CC2)n1.ClOCl. The Hall–Kier alpha value is -2.16. The van der Waals surface area contributed by atoms with Crippen molar-refractivity contribution in [3.8, 4) is 5.88 Å². The molecule has 134 valence electrons. The molecule has 10 heteroatoms. The number of amides is 1. The Kier molecular flexibility index (Phi) is 7.65. The van der Waals surface area contributed by atoms with Crippen molar-refractivity contribution in [1.29, 1.82) is 0 Å². The molecule has 8 nitrogen and oxygen atoms in total. The molecule has 3 rings (SSSR count). The van der Waals surface area contributed by atoms with Crippen LogP contribution >= 0.6 is 23.7 Å². The molecule has 0 bridgehead atoms. The summed E-state index contributed by atoms with van der Waals surface area (Å²) in [4.78, 5) is 28.9. The molecule has 0 saturated carbocycles. The molecular weight excluding hydrogens is 369 g/mol. The monoisotopic (exact) mass is 385 g/mol. The van der Waals surface area contributed by atoms with E-state index >= 15 is 0 Å². The first kappa shape index (κ1) is 19.2. The fraction of sp³-hybridized carbons (Fsp3) is 0.333. The van der Waals surface area contributed by atoms with Gasteiger partial charge in [-0.15, -0.1) is 0 Å². The van der Waals surface area contributed by atoms with Gasteiger partial charge in [-0.25, -0.2) is 4.98 Å². The van der Waals surface area contributed by atoms with Gasteiger partial charge in [0.25, 0.3) is 5.91 Å². The summed E-state index contributed by atoms with van der Waals surface area (Å²) in [6, 6.07) is 7.07. The molecule has 0 N–H and O–H groups in total. The summed E-state index contributed by atoms with van der Waals surface area (Å²) in [6.07, 6.45) is 3.31. The first-order chi connectivity index (χ1) is 12.2.